The highest BCUT2D eigenvalue weighted by atomic mass is 32.1. The number of aromatic nitrogens is 2. The van der Waals surface area contributed by atoms with Gasteiger partial charge in [-0.15, -0.1) is 5.10 Å². The van der Waals surface area contributed by atoms with Gasteiger partial charge in [-0.05, 0) is 18.3 Å². The molecule has 0 saturated carbocycles. The van der Waals surface area contributed by atoms with Gasteiger partial charge in [0, 0.05) is 18.4 Å². The van der Waals surface area contributed by atoms with E-state index in [0.29, 0.717) is 10.6 Å². The first-order valence-electron chi connectivity index (χ1n) is 4.69. The van der Waals surface area contributed by atoms with Gasteiger partial charge in [-0.1, -0.05) is 29.5 Å². The summed E-state index contributed by atoms with van der Waals surface area (Å²) in [5.41, 5.74) is 2.08. The standard InChI is InChI=1S/C10H11N3OS2/c1-14-6-7-4-2-3-5-8(7)11-9-12-13-10(15)16-9/h2-5H,6H2,1H3,(H,11,12)(H,13,15). The van der Waals surface area contributed by atoms with Crippen molar-refractivity contribution in [3.05, 3.63) is 33.8 Å². The molecule has 4 nitrogen and oxygen atoms in total. The first-order valence-corrected chi connectivity index (χ1v) is 5.91. The smallest absolute Gasteiger partial charge is 0.208 e. The molecule has 1 heterocycles. The van der Waals surface area contributed by atoms with Gasteiger partial charge in [-0.3, -0.25) is 5.10 Å². The van der Waals surface area contributed by atoms with E-state index in [9.17, 15) is 0 Å². The van der Waals surface area contributed by atoms with Crippen LogP contribution in [-0.4, -0.2) is 17.3 Å². The van der Waals surface area contributed by atoms with E-state index in [2.05, 4.69) is 15.5 Å². The molecule has 84 valence electrons. The van der Waals surface area contributed by atoms with Crippen molar-refractivity contribution in [3.63, 3.8) is 0 Å². The molecule has 0 unspecified atom stereocenters. The molecule has 2 rings (SSSR count). The Morgan fingerprint density at radius 2 is 2.31 bits per heavy atom. The third-order valence-corrected chi connectivity index (χ3v) is 3.00. The number of ether oxygens (including phenoxy) is 1. The average Bonchev–Trinajstić information content (AvgIpc) is 2.67. The van der Waals surface area contributed by atoms with Crippen molar-refractivity contribution in [2.75, 3.05) is 12.4 Å². The van der Waals surface area contributed by atoms with E-state index in [0.717, 1.165) is 16.4 Å². The van der Waals surface area contributed by atoms with Crippen LogP contribution in [-0.2, 0) is 11.3 Å². The molecular formula is C10H11N3OS2. The highest BCUT2D eigenvalue weighted by Gasteiger charge is 2.03. The zero-order valence-electron chi connectivity index (χ0n) is 8.69. The molecule has 2 aromatic rings. The first kappa shape index (κ1) is 11.3. The molecule has 0 spiro atoms. The van der Waals surface area contributed by atoms with Crippen molar-refractivity contribution < 1.29 is 4.74 Å². The molecule has 0 aliphatic rings. The molecule has 0 amide bonds. The summed E-state index contributed by atoms with van der Waals surface area (Å²) in [6, 6.07) is 7.94. The largest absolute Gasteiger partial charge is 0.380 e. The monoisotopic (exact) mass is 253 g/mol. The van der Waals surface area contributed by atoms with Gasteiger partial charge in [0.15, 0.2) is 3.95 Å². The van der Waals surface area contributed by atoms with Crippen molar-refractivity contribution in [2.45, 2.75) is 6.61 Å². The lowest BCUT2D eigenvalue weighted by Gasteiger charge is -2.08. The molecule has 0 radical (unpaired) electrons. The normalized spacial score (nSPS) is 10.3. The number of benzene rings is 1. The molecule has 0 saturated heterocycles. The second-order valence-corrected chi connectivity index (χ2v) is 4.80. The van der Waals surface area contributed by atoms with Gasteiger partial charge < -0.3 is 10.1 Å². The molecule has 0 fully saturated rings. The van der Waals surface area contributed by atoms with E-state index in [1.54, 1.807) is 7.11 Å². The summed E-state index contributed by atoms with van der Waals surface area (Å²) >= 11 is 6.37. The van der Waals surface area contributed by atoms with Gasteiger partial charge in [0.05, 0.1) is 6.61 Å². The SMILES string of the molecule is COCc1ccccc1Nc1n[nH]c(=S)s1. The van der Waals surface area contributed by atoms with Crippen LogP contribution < -0.4 is 5.32 Å². The van der Waals surface area contributed by atoms with Crippen LogP contribution in [0.3, 0.4) is 0 Å². The Balaban J connectivity index is 2.23. The number of anilines is 2. The van der Waals surface area contributed by atoms with E-state index >= 15 is 0 Å². The number of nitrogens with zero attached hydrogens (tertiary/aromatic N) is 1. The van der Waals surface area contributed by atoms with Gasteiger partial charge in [0.2, 0.25) is 5.13 Å². The summed E-state index contributed by atoms with van der Waals surface area (Å²) in [5, 5.41) is 10.7. The number of hydrogen-bond donors (Lipinski definition) is 2. The summed E-state index contributed by atoms with van der Waals surface area (Å²) in [6.07, 6.45) is 0. The number of para-hydroxylation sites is 1. The average molecular weight is 253 g/mol. The van der Waals surface area contributed by atoms with E-state index in [1.807, 2.05) is 24.3 Å². The number of methoxy groups -OCH3 is 1. The van der Waals surface area contributed by atoms with Crippen LogP contribution in [0.1, 0.15) is 5.56 Å². The van der Waals surface area contributed by atoms with Crippen LogP contribution in [0, 0.1) is 3.95 Å². The highest BCUT2D eigenvalue weighted by Crippen LogP contribution is 2.22. The number of rotatable bonds is 4. The van der Waals surface area contributed by atoms with Crippen molar-refractivity contribution in [1.82, 2.24) is 10.2 Å². The Hall–Kier alpha value is -1.24. The van der Waals surface area contributed by atoms with Crippen LogP contribution in [0.5, 0.6) is 0 Å². The van der Waals surface area contributed by atoms with Crippen LogP contribution in [0.2, 0.25) is 0 Å². The number of H-pyrrole nitrogens is 1. The van der Waals surface area contributed by atoms with Gasteiger partial charge in [-0.2, -0.15) is 0 Å². The summed E-state index contributed by atoms with van der Waals surface area (Å²) in [4.78, 5) is 0. The predicted octanol–water partition coefficient (Wildman–Crippen LogP) is 3.09. The fourth-order valence-electron chi connectivity index (χ4n) is 1.32. The maximum Gasteiger partial charge on any atom is 0.208 e. The minimum absolute atomic E-state index is 0.568. The summed E-state index contributed by atoms with van der Waals surface area (Å²) in [5.74, 6) is 0. The third-order valence-electron chi connectivity index (χ3n) is 2.00. The minimum Gasteiger partial charge on any atom is -0.380 e. The lowest BCUT2D eigenvalue weighted by Crippen LogP contribution is -1.96. The Morgan fingerprint density at radius 3 is 3.00 bits per heavy atom. The predicted molar refractivity (Wildman–Crippen MR) is 67.7 cm³/mol. The third kappa shape index (κ3) is 2.66. The Labute approximate surface area is 102 Å². The fourth-order valence-corrected chi connectivity index (χ4v) is 2.12. The topological polar surface area (TPSA) is 49.9 Å². The van der Waals surface area contributed by atoms with Gasteiger partial charge in [0.25, 0.3) is 0 Å². The summed E-state index contributed by atoms with van der Waals surface area (Å²) < 4.78 is 5.79. The highest BCUT2D eigenvalue weighted by molar-refractivity contribution is 7.73. The van der Waals surface area contributed by atoms with Crippen molar-refractivity contribution in [3.8, 4) is 0 Å². The van der Waals surface area contributed by atoms with Crippen molar-refractivity contribution >= 4 is 34.4 Å². The van der Waals surface area contributed by atoms with Crippen LogP contribution in [0.15, 0.2) is 24.3 Å². The van der Waals surface area contributed by atoms with Crippen LogP contribution in [0.4, 0.5) is 10.8 Å². The van der Waals surface area contributed by atoms with Crippen LogP contribution in [0.25, 0.3) is 0 Å². The van der Waals surface area contributed by atoms with E-state index in [1.165, 1.54) is 11.3 Å². The van der Waals surface area contributed by atoms with E-state index in [4.69, 9.17) is 17.0 Å². The van der Waals surface area contributed by atoms with Crippen LogP contribution >= 0.6 is 23.6 Å². The fraction of sp³-hybridized carbons (Fsp3) is 0.200. The molecule has 6 heteroatoms. The molecule has 0 bridgehead atoms. The Morgan fingerprint density at radius 1 is 1.50 bits per heavy atom. The lowest BCUT2D eigenvalue weighted by molar-refractivity contribution is 0.185. The minimum atomic E-state index is 0.568. The molecule has 2 N–H and O–H groups in total. The van der Waals surface area contributed by atoms with Gasteiger partial charge in [0.1, 0.15) is 0 Å². The maximum absolute atomic E-state index is 5.13. The maximum atomic E-state index is 5.13. The van der Waals surface area contributed by atoms with E-state index in [-0.39, 0.29) is 0 Å². The van der Waals surface area contributed by atoms with Gasteiger partial charge >= 0.3 is 0 Å². The Kier molecular flexibility index (Phi) is 3.66. The second-order valence-electron chi connectivity index (χ2n) is 3.13. The lowest BCUT2D eigenvalue weighted by atomic mass is 10.2. The van der Waals surface area contributed by atoms with Gasteiger partial charge in [-0.25, -0.2) is 0 Å². The zero-order valence-corrected chi connectivity index (χ0v) is 10.3. The second kappa shape index (κ2) is 5.20. The first-order chi connectivity index (χ1) is 7.79. The number of hydrogen-bond acceptors (Lipinski definition) is 5. The molecule has 0 aliphatic heterocycles. The molecule has 0 aliphatic carbocycles. The van der Waals surface area contributed by atoms with E-state index < -0.39 is 0 Å². The number of nitrogens with one attached hydrogen (secondary N) is 2. The number of aromatic amines is 1. The molecular weight excluding hydrogens is 242 g/mol. The molecule has 16 heavy (non-hydrogen) atoms. The zero-order chi connectivity index (χ0) is 11.4. The Bertz CT molecular complexity index is 521. The quantitative estimate of drug-likeness (QED) is 0.822. The summed E-state index contributed by atoms with van der Waals surface area (Å²) in [6.45, 7) is 0.568. The van der Waals surface area contributed by atoms with Crippen molar-refractivity contribution in [1.29, 1.82) is 0 Å². The molecule has 0 atom stereocenters. The van der Waals surface area contributed by atoms with Crippen molar-refractivity contribution in [2.24, 2.45) is 0 Å². The summed E-state index contributed by atoms with van der Waals surface area (Å²) in [7, 11) is 1.68. The molecule has 1 aromatic heterocycles. The molecule has 1 aromatic carbocycles.